The van der Waals surface area contributed by atoms with Crippen LogP contribution in [0.25, 0.3) is 32.1 Å². The number of nitrogens with one attached hydrogen (secondary N) is 2. The zero-order chi connectivity index (χ0) is 25.2. The molecule has 178 valence electrons. The van der Waals surface area contributed by atoms with E-state index in [9.17, 15) is 14.9 Å². The third-order valence-corrected chi connectivity index (χ3v) is 6.60. The van der Waals surface area contributed by atoms with Gasteiger partial charge in [0.2, 0.25) is 0 Å². The first kappa shape index (κ1) is 23.3. The summed E-state index contributed by atoms with van der Waals surface area (Å²) >= 11 is 6.91. The topological polar surface area (TPSA) is 110 Å². The van der Waals surface area contributed by atoms with E-state index in [-0.39, 0.29) is 16.6 Å². The van der Waals surface area contributed by atoms with Gasteiger partial charge in [-0.05, 0) is 73.2 Å². The fourth-order valence-electron chi connectivity index (χ4n) is 3.57. The molecular weight excluding hydrogens is 496 g/mol. The molecule has 0 aliphatic heterocycles. The number of amides is 1. The highest BCUT2D eigenvalue weighted by Gasteiger charge is 2.16. The van der Waals surface area contributed by atoms with Crippen molar-refractivity contribution >= 4 is 56.2 Å². The van der Waals surface area contributed by atoms with E-state index in [1.165, 1.54) is 23.8 Å². The van der Waals surface area contributed by atoms with E-state index in [1.807, 2.05) is 36.4 Å². The van der Waals surface area contributed by atoms with Gasteiger partial charge in [0.25, 0.3) is 11.6 Å². The van der Waals surface area contributed by atoms with Crippen molar-refractivity contribution in [3.8, 4) is 21.9 Å². The maximum atomic E-state index is 12.6. The van der Waals surface area contributed by atoms with Gasteiger partial charge >= 0.3 is 0 Å². The molecule has 0 spiro atoms. The van der Waals surface area contributed by atoms with Gasteiger partial charge in [0.15, 0.2) is 10.9 Å². The molecule has 1 amide bonds. The number of thiocarbonyl (C=S) groups is 1. The molecule has 10 heteroatoms. The number of fused-ring (bicyclic) bond motifs is 1. The summed E-state index contributed by atoms with van der Waals surface area (Å²) in [4.78, 5) is 27.8. The van der Waals surface area contributed by atoms with Gasteiger partial charge < -0.3 is 9.73 Å². The van der Waals surface area contributed by atoms with E-state index in [2.05, 4.69) is 23.6 Å². The van der Waals surface area contributed by atoms with Crippen LogP contribution in [0.3, 0.4) is 0 Å². The Morgan fingerprint density at radius 1 is 1.03 bits per heavy atom. The highest BCUT2D eigenvalue weighted by molar-refractivity contribution is 7.80. The average Bonchev–Trinajstić information content (AvgIpc) is 3.52. The molecule has 5 rings (SSSR count). The lowest BCUT2D eigenvalue weighted by atomic mass is 10.1. The predicted octanol–water partition coefficient (Wildman–Crippen LogP) is 6.57. The fourth-order valence-corrected chi connectivity index (χ4v) is 4.85. The Morgan fingerprint density at radius 2 is 1.83 bits per heavy atom. The van der Waals surface area contributed by atoms with Crippen molar-refractivity contribution in [2.24, 2.45) is 0 Å². The van der Waals surface area contributed by atoms with Crippen molar-refractivity contribution in [2.45, 2.75) is 6.92 Å². The number of aryl methyl sites for hydroxylation is 1. The van der Waals surface area contributed by atoms with Gasteiger partial charge in [-0.2, -0.15) is 0 Å². The van der Waals surface area contributed by atoms with Gasteiger partial charge in [0.05, 0.1) is 15.1 Å². The molecule has 2 N–H and O–H groups in total. The summed E-state index contributed by atoms with van der Waals surface area (Å²) < 4.78 is 6.73. The Hall–Kier alpha value is -4.41. The van der Waals surface area contributed by atoms with E-state index in [1.54, 1.807) is 29.5 Å². The summed E-state index contributed by atoms with van der Waals surface area (Å²) in [7, 11) is 0. The molecular formula is C26H18N4O4S2. The first-order chi connectivity index (χ1) is 17.4. The van der Waals surface area contributed by atoms with E-state index in [0.29, 0.717) is 17.0 Å². The fraction of sp³-hybridized carbons (Fsp3) is 0.0385. The summed E-state index contributed by atoms with van der Waals surface area (Å²) in [6.45, 7) is 2.06. The number of aromatic nitrogens is 1. The maximum Gasteiger partial charge on any atom is 0.293 e. The summed E-state index contributed by atoms with van der Waals surface area (Å²) in [5.41, 5.74) is 4.29. The van der Waals surface area contributed by atoms with Crippen LogP contribution in [0.5, 0.6) is 0 Å². The van der Waals surface area contributed by atoms with E-state index >= 15 is 0 Å². The molecule has 0 atom stereocenters. The number of non-ortho nitro benzene ring substituents is 1. The number of carbonyl (C=O) groups is 1. The Kier molecular flexibility index (Phi) is 6.28. The van der Waals surface area contributed by atoms with E-state index in [4.69, 9.17) is 21.6 Å². The van der Waals surface area contributed by atoms with Gasteiger partial charge in [-0.25, -0.2) is 4.98 Å². The van der Waals surface area contributed by atoms with Crippen LogP contribution in [0.2, 0.25) is 0 Å². The number of carbonyl (C=O) groups excluding carboxylic acids is 1. The van der Waals surface area contributed by atoms with Crippen LogP contribution in [-0.4, -0.2) is 20.9 Å². The minimum Gasteiger partial charge on any atom is -0.451 e. The third kappa shape index (κ3) is 4.99. The minimum atomic E-state index is -0.537. The molecule has 5 aromatic rings. The number of benzene rings is 3. The zero-order valence-corrected chi connectivity index (χ0v) is 20.5. The van der Waals surface area contributed by atoms with Crippen LogP contribution >= 0.6 is 23.6 Å². The van der Waals surface area contributed by atoms with Crippen LogP contribution in [-0.2, 0) is 0 Å². The molecule has 8 nitrogen and oxygen atoms in total. The molecule has 36 heavy (non-hydrogen) atoms. The van der Waals surface area contributed by atoms with Gasteiger partial charge in [0, 0.05) is 28.9 Å². The van der Waals surface area contributed by atoms with Crippen LogP contribution in [0, 0.1) is 17.0 Å². The Morgan fingerprint density at radius 3 is 2.61 bits per heavy atom. The maximum absolute atomic E-state index is 12.6. The summed E-state index contributed by atoms with van der Waals surface area (Å²) in [6.07, 6.45) is 0. The lowest BCUT2D eigenvalue weighted by Crippen LogP contribution is -2.33. The number of thiazole rings is 1. The molecule has 0 saturated heterocycles. The van der Waals surface area contributed by atoms with E-state index < -0.39 is 10.8 Å². The van der Waals surface area contributed by atoms with Crippen molar-refractivity contribution < 1.29 is 14.1 Å². The number of furan rings is 1. The van der Waals surface area contributed by atoms with Gasteiger partial charge in [-0.3, -0.25) is 20.2 Å². The van der Waals surface area contributed by atoms with Gasteiger partial charge in [0.1, 0.15) is 10.8 Å². The Labute approximate surface area is 214 Å². The zero-order valence-electron chi connectivity index (χ0n) is 18.8. The number of hydrogen-bond acceptors (Lipinski definition) is 7. The lowest BCUT2D eigenvalue weighted by Gasteiger charge is -2.09. The Bertz CT molecular complexity index is 1620. The summed E-state index contributed by atoms with van der Waals surface area (Å²) in [6, 6.07) is 22.8. The molecule has 3 aromatic carbocycles. The van der Waals surface area contributed by atoms with Crippen LogP contribution in [0.4, 0.5) is 11.4 Å². The molecule has 0 bridgehead atoms. The highest BCUT2D eigenvalue weighted by Crippen LogP contribution is 2.31. The van der Waals surface area contributed by atoms with Crippen molar-refractivity contribution in [3.63, 3.8) is 0 Å². The van der Waals surface area contributed by atoms with Gasteiger partial charge in [-0.1, -0.05) is 18.2 Å². The second kappa shape index (κ2) is 9.68. The number of rotatable bonds is 5. The van der Waals surface area contributed by atoms with Crippen LogP contribution in [0.1, 0.15) is 16.1 Å². The number of anilines is 1. The third-order valence-electron chi connectivity index (χ3n) is 5.33. The molecule has 0 saturated carbocycles. The second-order valence-electron chi connectivity index (χ2n) is 7.95. The molecule has 2 aromatic heterocycles. The monoisotopic (exact) mass is 514 g/mol. The number of nitro groups is 1. The largest absolute Gasteiger partial charge is 0.451 e. The summed E-state index contributed by atoms with van der Waals surface area (Å²) in [5, 5.41) is 17.6. The summed E-state index contributed by atoms with van der Waals surface area (Å²) in [5.74, 6) is -0.170. The molecule has 0 unspecified atom stereocenters. The van der Waals surface area contributed by atoms with Gasteiger partial charge in [-0.15, -0.1) is 11.3 Å². The first-order valence-electron chi connectivity index (χ1n) is 10.8. The quantitative estimate of drug-likeness (QED) is 0.155. The van der Waals surface area contributed by atoms with Crippen LogP contribution < -0.4 is 10.6 Å². The van der Waals surface area contributed by atoms with Crippen molar-refractivity contribution in [1.29, 1.82) is 0 Å². The molecule has 0 radical (unpaired) electrons. The van der Waals surface area contributed by atoms with Crippen molar-refractivity contribution in [1.82, 2.24) is 10.3 Å². The lowest BCUT2D eigenvalue weighted by molar-refractivity contribution is -0.384. The van der Waals surface area contributed by atoms with Crippen molar-refractivity contribution in [2.75, 3.05) is 5.32 Å². The number of nitro benzene ring substituents is 1. The molecule has 2 heterocycles. The predicted molar refractivity (Wildman–Crippen MR) is 144 cm³/mol. The van der Waals surface area contributed by atoms with Crippen molar-refractivity contribution in [3.05, 3.63) is 100 Å². The molecule has 0 fully saturated rings. The average molecular weight is 515 g/mol. The van der Waals surface area contributed by atoms with E-state index in [0.717, 1.165) is 20.8 Å². The number of nitrogens with zero attached hydrogens (tertiary/aromatic N) is 2. The Balaban J connectivity index is 1.22. The molecule has 0 aliphatic rings. The van der Waals surface area contributed by atoms with Crippen LogP contribution in [0.15, 0.2) is 83.3 Å². The number of hydrogen-bond donors (Lipinski definition) is 2. The highest BCUT2D eigenvalue weighted by atomic mass is 32.1. The second-order valence-corrected chi connectivity index (χ2v) is 9.39. The SMILES string of the molecule is Cc1ccc2nc(-c3ccc(NC(=S)NC(=O)c4ccc(-c5cccc([N+](=O)[O-])c5)o4)cc3)sc2c1. The standard InChI is InChI=1S/C26H18N4O4S2/c1-15-5-10-20-23(13-15)36-25(28-20)16-6-8-18(9-7-16)27-26(35)29-24(31)22-12-11-21(34-22)17-3-2-4-19(14-17)30(32)33/h2-14H,1H3,(H2,27,29,31,35). The first-order valence-corrected chi connectivity index (χ1v) is 12.0. The molecule has 0 aliphatic carbocycles. The normalized spacial score (nSPS) is 10.8. The smallest absolute Gasteiger partial charge is 0.293 e. The minimum absolute atomic E-state index is 0.0297.